The highest BCUT2D eigenvalue weighted by atomic mass is 16.5. The summed E-state index contributed by atoms with van der Waals surface area (Å²) in [6.07, 6.45) is 0.944. The van der Waals surface area contributed by atoms with Crippen molar-refractivity contribution in [1.29, 1.82) is 0 Å². The van der Waals surface area contributed by atoms with Crippen molar-refractivity contribution in [2.45, 2.75) is 18.6 Å². The summed E-state index contributed by atoms with van der Waals surface area (Å²) < 4.78 is 5.74. The summed E-state index contributed by atoms with van der Waals surface area (Å²) in [6, 6.07) is 7.47. The van der Waals surface area contributed by atoms with E-state index in [1.165, 1.54) is 0 Å². The van der Waals surface area contributed by atoms with E-state index >= 15 is 0 Å². The summed E-state index contributed by atoms with van der Waals surface area (Å²) in [6.45, 7) is 1.82. The van der Waals surface area contributed by atoms with Crippen molar-refractivity contribution in [1.82, 2.24) is 5.32 Å². The van der Waals surface area contributed by atoms with Crippen LogP contribution >= 0.6 is 0 Å². The topological polar surface area (TPSA) is 53.9 Å². The Morgan fingerprint density at radius 3 is 2.88 bits per heavy atom. The normalized spacial score (nSPS) is 27.4. The quantitative estimate of drug-likeness (QED) is 0.768. The molecule has 1 saturated heterocycles. The number of rotatable bonds is 2. The molecule has 2 atom stereocenters. The summed E-state index contributed by atoms with van der Waals surface area (Å²) in [5.41, 5.74) is 1.12. The molecular weight excluding hydrogens is 204 g/mol. The fourth-order valence-electron chi connectivity index (χ4n) is 2.16. The van der Waals surface area contributed by atoms with E-state index in [4.69, 9.17) is 4.74 Å². The molecule has 0 spiro atoms. The summed E-state index contributed by atoms with van der Waals surface area (Å²) >= 11 is 0. The van der Waals surface area contributed by atoms with E-state index in [1.54, 1.807) is 12.1 Å². The lowest BCUT2D eigenvalue weighted by Gasteiger charge is -2.07. The molecule has 0 bridgehead atoms. The van der Waals surface area contributed by atoms with Crippen molar-refractivity contribution in [3.8, 4) is 5.75 Å². The molecule has 4 heteroatoms. The van der Waals surface area contributed by atoms with Crippen LogP contribution in [-0.4, -0.2) is 36.2 Å². The van der Waals surface area contributed by atoms with Crippen molar-refractivity contribution < 1.29 is 9.84 Å². The predicted octanol–water partition coefficient (Wildman–Crippen LogP) is 0.704. The van der Waals surface area contributed by atoms with E-state index in [9.17, 15) is 5.11 Å². The minimum atomic E-state index is 0.229. The van der Waals surface area contributed by atoms with Crippen LogP contribution in [-0.2, 0) is 11.2 Å². The van der Waals surface area contributed by atoms with Gasteiger partial charge in [-0.05, 0) is 17.7 Å². The molecule has 2 aliphatic heterocycles. The van der Waals surface area contributed by atoms with Gasteiger partial charge in [0.15, 0.2) is 5.90 Å². The molecule has 4 nitrogen and oxygen atoms in total. The molecule has 1 aromatic rings. The Kier molecular flexibility index (Phi) is 2.29. The fourth-order valence-corrected chi connectivity index (χ4v) is 2.16. The second-order valence-corrected chi connectivity index (χ2v) is 4.25. The Bertz CT molecular complexity index is 414. The summed E-state index contributed by atoms with van der Waals surface area (Å²) in [5, 5.41) is 12.4. The second kappa shape index (κ2) is 3.79. The highest BCUT2D eigenvalue weighted by molar-refractivity contribution is 5.80. The first-order valence-corrected chi connectivity index (χ1v) is 5.53. The maximum Gasteiger partial charge on any atom is 0.188 e. The first-order chi connectivity index (χ1) is 7.81. The van der Waals surface area contributed by atoms with Crippen molar-refractivity contribution in [3.05, 3.63) is 29.8 Å². The number of nitrogens with one attached hydrogen (secondary N) is 1. The Morgan fingerprint density at radius 1 is 1.31 bits per heavy atom. The molecule has 0 amide bonds. The number of aromatic hydroxyl groups is 1. The van der Waals surface area contributed by atoms with Gasteiger partial charge in [0.2, 0.25) is 0 Å². The fraction of sp³-hybridized carbons (Fsp3) is 0.417. The average molecular weight is 218 g/mol. The average Bonchev–Trinajstić information content (AvgIpc) is 2.81. The summed E-state index contributed by atoms with van der Waals surface area (Å²) in [5.74, 6) is 1.11. The Balaban J connectivity index is 1.69. The lowest BCUT2D eigenvalue weighted by molar-refractivity contribution is 0.220. The van der Waals surface area contributed by atoms with Crippen molar-refractivity contribution in [3.63, 3.8) is 0 Å². The molecule has 1 aromatic carbocycles. The Hall–Kier alpha value is -1.55. The van der Waals surface area contributed by atoms with Crippen LogP contribution in [0.5, 0.6) is 5.75 Å². The highest BCUT2D eigenvalue weighted by Crippen LogP contribution is 2.19. The molecule has 2 unspecified atom stereocenters. The predicted molar refractivity (Wildman–Crippen MR) is 60.8 cm³/mol. The van der Waals surface area contributed by atoms with Crippen molar-refractivity contribution >= 4 is 5.90 Å². The van der Waals surface area contributed by atoms with Gasteiger partial charge in [0.1, 0.15) is 17.9 Å². The summed E-state index contributed by atoms with van der Waals surface area (Å²) in [4.78, 5) is 4.54. The van der Waals surface area contributed by atoms with E-state index in [-0.39, 0.29) is 6.10 Å². The third-order valence-corrected chi connectivity index (χ3v) is 3.02. The molecule has 0 radical (unpaired) electrons. The van der Waals surface area contributed by atoms with E-state index in [0.717, 1.165) is 24.6 Å². The van der Waals surface area contributed by atoms with Gasteiger partial charge in [-0.15, -0.1) is 0 Å². The zero-order chi connectivity index (χ0) is 11.0. The number of nitrogens with zero attached hydrogens (tertiary/aromatic N) is 1. The van der Waals surface area contributed by atoms with Crippen molar-refractivity contribution in [2.24, 2.45) is 4.99 Å². The van der Waals surface area contributed by atoms with Crippen LogP contribution in [0.4, 0.5) is 0 Å². The van der Waals surface area contributed by atoms with Gasteiger partial charge in [-0.2, -0.15) is 0 Å². The third kappa shape index (κ3) is 1.76. The third-order valence-electron chi connectivity index (χ3n) is 3.02. The first-order valence-electron chi connectivity index (χ1n) is 5.53. The Labute approximate surface area is 94.0 Å². The van der Waals surface area contributed by atoms with Gasteiger partial charge in [0, 0.05) is 19.5 Å². The summed E-state index contributed by atoms with van der Waals surface area (Å²) in [7, 11) is 0. The smallest absolute Gasteiger partial charge is 0.188 e. The van der Waals surface area contributed by atoms with Gasteiger partial charge >= 0.3 is 0 Å². The number of aliphatic imine (C=N–C) groups is 1. The van der Waals surface area contributed by atoms with E-state index in [1.807, 2.05) is 12.1 Å². The van der Waals surface area contributed by atoms with Crippen LogP contribution in [0, 0.1) is 0 Å². The van der Waals surface area contributed by atoms with Gasteiger partial charge in [-0.3, -0.25) is 0 Å². The standard InChI is InChI=1S/C12H14N2O2/c15-9-3-1-8(2-4-9)5-12-14-10-6-13-7-11(10)16-12/h1-4,10-11,13,15H,5-7H2. The van der Waals surface area contributed by atoms with Crippen LogP contribution < -0.4 is 5.32 Å². The van der Waals surface area contributed by atoms with E-state index in [0.29, 0.717) is 18.2 Å². The highest BCUT2D eigenvalue weighted by Gasteiger charge is 2.34. The zero-order valence-corrected chi connectivity index (χ0v) is 8.89. The number of phenolic OH excluding ortho intramolecular Hbond substituents is 1. The van der Waals surface area contributed by atoms with Crippen molar-refractivity contribution in [2.75, 3.05) is 13.1 Å². The maximum atomic E-state index is 9.18. The molecule has 16 heavy (non-hydrogen) atoms. The molecule has 1 fully saturated rings. The molecule has 2 aliphatic rings. The number of hydrogen-bond acceptors (Lipinski definition) is 4. The monoisotopic (exact) mass is 218 g/mol. The number of fused-ring (bicyclic) bond motifs is 1. The minimum Gasteiger partial charge on any atom is -0.508 e. The molecule has 0 aromatic heterocycles. The van der Waals surface area contributed by atoms with Gasteiger partial charge in [0.05, 0.1) is 0 Å². The van der Waals surface area contributed by atoms with Crippen LogP contribution in [0.25, 0.3) is 0 Å². The zero-order valence-electron chi connectivity index (χ0n) is 8.89. The second-order valence-electron chi connectivity index (χ2n) is 4.25. The molecule has 84 valence electrons. The SMILES string of the molecule is Oc1ccc(CC2=NC3CNCC3O2)cc1. The van der Waals surface area contributed by atoms with Gasteiger partial charge < -0.3 is 15.2 Å². The molecule has 2 N–H and O–H groups in total. The lowest BCUT2D eigenvalue weighted by atomic mass is 10.1. The van der Waals surface area contributed by atoms with Crippen LogP contribution in [0.15, 0.2) is 29.3 Å². The number of benzene rings is 1. The molecule has 2 heterocycles. The lowest BCUT2D eigenvalue weighted by Crippen LogP contribution is -2.20. The Morgan fingerprint density at radius 2 is 2.12 bits per heavy atom. The first kappa shape index (κ1) is 9.66. The van der Waals surface area contributed by atoms with Crippen LogP contribution in [0.1, 0.15) is 5.56 Å². The number of phenols is 1. The molecule has 0 saturated carbocycles. The van der Waals surface area contributed by atoms with Gasteiger partial charge in [-0.25, -0.2) is 4.99 Å². The van der Waals surface area contributed by atoms with Crippen LogP contribution in [0.3, 0.4) is 0 Å². The van der Waals surface area contributed by atoms with Gasteiger partial charge in [0.25, 0.3) is 0 Å². The van der Waals surface area contributed by atoms with E-state index < -0.39 is 0 Å². The molecular formula is C12H14N2O2. The number of ether oxygens (including phenoxy) is 1. The minimum absolute atomic E-state index is 0.229. The van der Waals surface area contributed by atoms with E-state index in [2.05, 4.69) is 10.3 Å². The molecule has 3 rings (SSSR count). The van der Waals surface area contributed by atoms with Gasteiger partial charge in [-0.1, -0.05) is 12.1 Å². The number of hydrogen-bond donors (Lipinski definition) is 2. The molecule has 0 aliphatic carbocycles. The maximum absolute atomic E-state index is 9.18. The van der Waals surface area contributed by atoms with Crippen LogP contribution in [0.2, 0.25) is 0 Å². The largest absolute Gasteiger partial charge is 0.508 e.